The highest BCUT2D eigenvalue weighted by molar-refractivity contribution is 6.32. The van der Waals surface area contributed by atoms with E-state index in [1.165, 1.54) is 185 Å². The van der Waals surface area contributed by atoms with Crippen LogP contribution in [-0.4, -0.2) is 8.80 Å². The first-order valence-electron chi connectivity index (χ1n) is 28.7. The molecule has 0 bridgehead atoms. The van der Waals surface area contributed by atoms with E-state index in [0.29, 0.717) is 23.7 Å². The Bertz CT molecular complexity index is 4000. The highest BCUT2D eigenvalue weighted by atomic mass is 15.2. The highest BCUT2D eigenvalue weighted by Gasteiger charge is 2.30. The number of aromatic nitrogens is 2. The van der Waals surface area contributed by atoms with Gasteiger partial charge in [0.15, 0.2) is 0 Å². The van der Waals surface area contributed by atoms with Crippen molar-refractivity contribution in [2.24, 2.45) is 0 Å². The smallest absolute Gasteiger partial charge is 0.0641 e. The van der Waals surface area contributed by atoms with Crippen LogP contribution in [0, 0.1) is 0 Å². The molecule has 2 aliphatic rings. The van der Waals surface area contributed by atoms with Crippen LogP contribution in [0.15, 0.2) is 182 Å². The minimum atomic E-state index is 0.459. The summed E-state index contributed by atoms with van der Waals surface area (Å²) in [5.41, 5.74) is 20.6. The molecule has 2 fully saturated rings. The van der Waals surface area contributed by atoms with E-state index in [2.05, 4.69) is 228 Å². The molecular weight excluding hydrogens is 921 g/mol. The average Bonchev–Trinajstić information content (AvgIpc) is 4.35. The molecule has 2 aliphatic carbocycles. The van der Waals surface area contributed by atoms with E-state index < -0.39 is 0 Å². The second-order valence-corrected chi connectivity index (χ2v) is 23.3. The van der Waals surface area contributed by atoms with Gasteiger partial charge in [0.05, 0.1) is 44.5 Å². The van der Waals surface area contributed by atoms with E-state index in [1.54, 1.807) is 0 Å². The van der Waals surface area contributed by atoms with Crippen LogP contribution in [-0.2, 0) is 0 Å². The van der Waals surface area contributed by atoms with Crippen molar-refractivity contribution in [1.82, 2.24) is 8.80 Å². The molecule has 0 atom stereocenters. The van der Waals surface area contributed by atoms with Gasteiger partial charge in [0.1, 0.15) is 0 Å². The fraction of sp³-hybridized carbons (Fsp3) is 0.250. The maximum absolute atomic E-state index is 2.67. The normalized spacial score (nSPS) is 15.2. The van der Waals surface area contributed by atoms with Crippen LogP contribution in [0.1, 0.15) is 138 Å². The molecule has 4 heterocycles. The fourth-order valence-electron chi connectivity index (χ4n) is 14.4. The Morgan fingerprint density at radius 1 is 0.342 bits per heavy atom. The third kappa shape index (κ3) is 7.02. The number of anilines is 6. The van der Waals surface area contributed by atoms with Gasteiger partial charge < -0.3 is 18.6 Å². The lowest BCUT2D eigenvalue weighted by Gasteiger charge is -2.27. The fourth-order valence-corrected chi connectivity index (χ4v) is 14.4. The summed E-state index contributed by atoms with van der Waals surface area (Å²) >= 11 is 0. The zero-order chi connectivity index (χ0) is 50.8. The molecule has 4 heteroatoms. The van der Waals surface area contributed by atoms with Gasteiger partial charge in [-0.2, -0.15) is 0 Å². The van der Waals surface area contributed by atoms with Crippen LogP contribution in [0.25, 0.3) is 76.2 Å². The van der Waals surface area contributed by atoms with Crippen molar-refractivity contribution in [2.45, 2.75) is 116 Å². The van der Waals surface area contributed by atoms with Crippen LogP contribution in [0.4, 0.5) is 34.1 Å². The van der Waals surface area contributed by atoms with Crippen molar-refractivity contribution in [3.8, 4) is 0 Å². The predicted octanol–water partition coefficient (Wildman–Crippen LogP) is 21.3. The summed E-state index contributed by atoms with van der Waals surface area (Å²) in [4.78, 5) is 5.01. The van der Waals surface area contributed by atoms with Gasteiger partial charge >= 0.3 is 0 Å². The molecule has 0 N–H and O–H groups in total. The van der Waals surface area contributed by atoms with Crippen molar-refractivity contribution in [3.05, 3.63) is 204 Å². The van der Waals surface area contributed by atoms with Gasteiger partial charge in [0.2, 0.25) is 0 Å². The van der Waals surface area contributed by atoms with Gasteiger partial charge in [-0.25, -0.2) is 0 Å². The Morgan fingerprint density at radius 2 is 0.697 bits per heavy atom. The Hall–Kier alpha value is -7.82. The molecule has 0 radical (unpaired) electrons. The number of rotatable bonds is 10. The minimum absolute atomic E-state index is 0.459. The maximum Gasteiger partial charge on any atom is 0.0641 e. The number of para-hydroxylation sites is 2. The average molecular weight is 987 g/mol. The number of nitrogens with zero attached hydrogens (tertiary/aromatic N) is 4. The molecule has 15 rings (SSSR count). The number of benzene rings is 9. The topological polar surface area (TPSA) is 15.3 Å². The molecule has 76 heavy (non-hydrogen) atoms. The van der Waals surface area contributed by atoms with Crippen molar-refractivity contribution in [1.29, 1.82) is 0 Å². The van der Waals surface area contributed by atoms with Crippen molar-refractivity contribution < 1.29 is 0 Å². The molecule has 0 unspecified atom stereocenters. The summed E-state index contributed by atoms with van der Waals surface area (Å²) in [6.07, 6.45) is 13.0. The van der Waals surface area contributed by atoms with E-state index in [1.807, 2.05) is 0 Å². The second-order valence-electron chi connectivity index (χ2n) is 23.3. The monoisotopic (exact) mass is 987 g/mol. The third-order valence-electron chi connectivity index (χ3n) is 18.3. The van der Waals surface area contributed by atoms with Crippen LogP contribution in [0.5, 0.6) is 0 Å². The van der Waals surface area contributed by atoms with Crippen molar-refractivity contribution >= 4 is 110 Å². The molecule has 0 spiro atoms. The van der Waals surface area contributed by atoms with Crippen LogP contribution < -0.4 is 9.80 Å². The molecule has 2 saturated carbocycles. The lowest BCUT2D eigenvalue weighted by Crippen LogP contribution is -2.10. The summed E-state index contributed by atoms with van der Waals surface area (Å²) < 4.78 is 5.35. The summed E-state index contributed by atoms with van der Waals surface area (Å²) in [5, 5.41) is 10.5. The predicted molar refractivity (Wildman–Crippen MR) is 325 cm³/mol. The Morgan fingerprint density at radius 3 is 1.08 bits per heavy atom. The van der Waals surface area contributed by atoms with Crippen LogP contribution in [0.2, 0.25) is 0 Å². The van der Waals surface area contributed by atoms with Gasteiger partial charge in [0, 0.05) is 65.8 Å². The van der Waals surface area contributed by atoms with E-state index >= 15 is 0 Å². The molecule has 374 valence electrons. The first-order valence-corrected chi connectivity index (χ1v) is 28.7. The van der Waals surface area contributed by atoms with Crippen LogP contribution in [0.3, 0.4) is 0 Å². The standard InChI is InChI=1S/C72H66N4/c1-45(2)47-25-31-55(32-26-47)73(53-21-13-7-14-22-53)63-39-37-57-61-43-68-62(44-67(61)75-65-41-51(49-17-9-5-10-18-49)29-35-59(65)69(63)71(57)75)58-38-40-64(74(54-23-15-8-16-24-54)56-33-27-48(28-34-56)46(3)4)70-60-36-30-52(50-19-11-6-12-20-50)42-66(60)76(68)72(58)70/h7-8,13-16,21-46,49-50H,5-6,9-12,17-20H2,1-4H3. The Balaban J connectivity index is 1.03. The van der Waals surface area contributed by atoms with Gasteiger partial charge in [-0.1, -0.05) is 163 Å². The molecular formula is C72H66N4. The first-order chi connectivity index (χ1) is 37.4. The molecule has 4 nitrogen and oxygen atoms in total. The quantitative estimate of drug-likeness (QED) is 0.136. The largest absolute Gasteiger partial charge is 0.310 e. The van der Waals surface area contributed by atoms with Gasteiger partial charge in [-0.15, -0.1) is 0 Å². The maximum atomic E-state index is 2.67. The molecule has 0 aliphatic heterocycles. The van der Waals surface area contributed by atoms with Gasteiger partial charge in [-0.3, -0.25) is 0 Å². The SMILES string of the molecule is CC(C)c1ccc(N(c2ccccc2)c2ccc3c4cc5c(cc4n4c6cc(C7CCCCC7)ccc6c2c34)c2ccc(N(c3ccccc3)c3ccc(C(C)C)cc3)c3c4ccc(C6CCCCC6)cc4n5c23)cc1. The first kappa shape index (κ1) is 45.6. The highest BCUT2D eigenvalue weighted by Crippen LogP contribution is 2.52. The molecule has 13 aromatic rings. The number of hydrogen-bond donors (Lipinski definition) is 0. The minimum Gasteiger partial charge on any atom is -0.310 e. The van der Waals surface area contributed by atoms with E-state index in [4.69, 9.17) is 0 Å². The molecule has 9 aromatic carbocycles. The second kappa shape index (κ2) is 17.9. The summed E-state index contributed by atoms with van der Waals surface area (Å²) in [6, 6.07) is 70.6. The van der Waals surface area contributed by atoms with Crippen molar-refractivity contribution in [2.75, 3.05) is 9.80 Å². The van der Waals surface area contributed by atoms with Crippen LogP contribution >= 0.6 is 0 Å². The van der Waals surface area contributed by atoms with E-state index in [0.717, 1.165) is 11.4 Å². The number of fused-ring (bicyclic) bond motifs is 12. The number of hydrogen-bond acceptors (Lipinski definition) is 2. The lowest BCUT2D eigenvalue weighted by molar-refractivity contribution is 0.444. The molecule has 0 amide bonds. The Labute approximate surface area is 446 Å². The zero-order valence-corrected chi connectivity index (χ0v) is 44.5. The third-order valence-corrected chi connectivity index (χ3v) is 18.3. The summed E-state index contributed by atoms with van der Waals surface area (Å²) in [7, 11) is 0. The van der Waals surface area contributed by atoms with Crippen molar-refractivity contribution in [3.63, 3.8) is 0 Å². The van der Waals surface area contributed by atoms with E-state index in [9.17, 15) is 0 Å². The molecule has 0 saturated heterocycles. The summed E-state index contributed by atoms with van der Waals surface area (Å²) in [6.45, 7) is 9.13. The van der Waals surface area contributed by atoms with Gasteiger partial charge in [-0.05, 0) is 157 Å². The summed E-state index contributed by atoms with van der Waals surface area (Å²) in [5.74, 6) is 2.11. The molecule has 4 aromatic heterocycles. The van der Waals surface area contributed by atoms with Gasteiger partial charge in [0.25, 0.3) is 0 Å². The zero-order valence-electron chi connectivity index (χ0n) is 44.5. The Kier molecular flexibility index (Phi) is 10.7. The van der Waals surface area contributed by atoms with E-state index in [-0.39, 0.29) is 0 Å². The lowest BCUT2D eigenvalue weighted by atomic mass is 9.84.